The van der Waals surface area contributed by atoms with Crippen LogP contribution in [0.5, 0.6) is 0 Å². The molecule has 1 atom stereocenters. The molecular formula is C25H51. The fraction of sp³-hybridized carbons (Fsp3) is 0.960. The van der Waals surface area contributed by atoms with Crippen molar-refractivity contribution in [2.45, 2.75) is 149 Å². The van der Waals surface area contributed by atoms with Crippen molar-refractivity contribution in [3.63, 3.8) is 0 Å². The lowest BCUT2D eigenvalue weighted by Gasteiger charge is -2.11. The van der Waals surface area contributed by atoms with E-state index in [0.717, 1.165) is 5.92 Å². The summed E-state index contributed by atoms with van der Waals surface area (Å²) in [5, 5.41) is 0. The third kappa shape index (κ3) is 22.0. The van der Waals surface area contributed by atoms with Gasteiger partial charge < -0.3 is 0 Å². The van der Waals surface area contributed by atoms with E-state index in [4.69, 9.17) is 0 Å². The molecule has 0 aromatic heterocycles. The second-order valence-corrected chi connectivity index (χ2v) is 8.45. The maximum absolute atomic E-state index is 4.38. The maximum Gasteiger partial charge on any atom is -0.0414 e. The topological polar surface area (TPSA) is 0 Å². The number of hydrogen-bond donors (Lipinski definition) is 0. The smallest absolute Gasteiger partial charge is 0.0414 e. The lowest BCUT2D eigenvalue weighted by molar-refractivity contribution is 0.459. The standard InChI is InChI=1S/C25H51/c1-4-6-8-10-12-14-16-18-20-22-24-25(3)23-21-19-17-15-13-11-9-7-5-2/h25H,3-24H2,1-2H3. The van der Waals surface area contributed by atoms with Crippen molar-refractivity contribution in [1.29, 1.82) is 0 Å². The highest BCUT2D eigenvalue weighted by Gasteiger charge is 2.02. The Balaban J connectivity index is 3.12. The molecule has 151 valence electrons. The maximum atomic E-state index is 4.38. The molecule has 25 heavy (non-hydrogen) atoms. The summed E-state index contributed by atoms with van der Waals surface area (Å²) in [6.07, 6.45) is 30.1. The van der Waals surface area contributed by atoms with Crippen LogP contribution in [0.25, 0.3) is 0 Å². The van der Waals surface area contributed by atoms with Crippen molar-refractivity contribution in [3.8, 4) is 0 Å². The highest BCUT2D eigenvalue weighted by molar-refractivity contribution is 4.62. The van der Waals surface area contributed by atoms with Gasteiger partial charge in [0.1, 0.15) is 0 Å². The van der Waals surface area contributed by atoms with Crippen LogP contribution in [0, 0.1) is 12.8 Å². The average molecular weight is 352 g/mol. The Kier molecular flexibility index (Phi) is 22.0. The molecule has 0 aliphatic heterocycles. The van der Waals surface area contributed by atoms with E-state index in [1.165, 1.54) is 135 Å². The summed E-state index contributed by atoms with van der Waals surface area (Å²) in [6, 6.07) is 0. The molecule has 0 bridgehead atoms. The van der Waals surface area contributed by atoms with E-state index in [9.17, 15) is 0 Å². The Morgan fingerprint density at radius 2 is 0.640 bits per heavy atom. The first kappa shape index (κ1) is 25.0. The highest BCUT2D eigenvalue weighted by Crippen LogP contribution is 2.18. The van der Waals surface area contributed by atoms with Gasteiger partial charge >= 0.3 is 0 Å². The first-order valence-electron chi connectivity index (χ1n) is 12.1. The predicted octanol–water partition coefficient (Wildman–Crippen LogP) is 9.67. The van der Waals surface area contributed by atoms with Gasteiger partial charge in [0, 0.05) is 0 Å². The van der Waals surface area contributed by atoms with Gasteiger partial charge in [-0.2, -0.15) is 0 Å². The zero-order chi connectivity index (χ0) is 18.4. The quantitative estimate of drug-likeness (QED) is 0.180. The Morgan fingerprint density at radius 1 is 0.400 bits per heavy atom. The molecule has 0 aromatic rings. The van der Waals surface area contributed by atoms with Crippen molar-refractivity contribution < 1.29 is 0 Å². The van der Waals surface area contributed by atoms with Crippen LogP contribution >= 0.6 is 0 Å². The molecule has 1 unspecified atom stereocenters. The van der Waals surface area contributed by atoms with Gasteiger partial charge in [-0.3, -0.25) is 0 Å². The Labute approximate surface area is 161 Å². The monoisotopic (exact) mass is 351 g/mol. The summed E-state index contributed by atoms with van der Waals surface area (Å²) in [4.78, 5) is 0. The van der Waals surface area contributed by atoms with E-state index >= 15 is 0 Å². The highest BCUT2D eigenvalue weighted by atomic mass is 14.1. The average Bonchev–Trinajstić information content (AvgIpc) is 2.62. The van der Waals surface area contributed by atoms with E-state index in [1.54, 1.807) is 0 Å². The fourth-order valence-corrected chi connectivity index (χ4v) is 3.81. The summed E-state index contributed by atoms with van der Waals surface area (Å²) in [5.74, 6) is 0.721. The van der Waals surface area contributed by atoms with Crippen molar-refractivity contribution in [2.24, 2.45) is 5.92 Å². The van der Waals surface area contributed by atoms with Gasteiger partial charge in [0.05, 0.1) is 0 Å². The largest absolute Gasteiger partial charge is 0.0654 e. The van der Waals surface area contributed by atoms with Crippen LogP contribution in [-0.4, -0.2) is 0 Å². The van der Waals surface area contributed by atoms with Gasteiger partial charge in [-0.05, 0) is 5.92 Å². The number of unbranched alkanes of at least 4 members (excludes halogenated alkanes) is 17. The summed E-state index contributed by atoms with van der Waals surface area (Å²) in [5.41, 5.74) is 0. The summed E-state index contributed by atoms with van der Waals surface area (Å²) in [7, 11) is 0. The Morgan fingerprint density at radius 3 is 0.920 bits per heavy atom. The van der Waals surface area contributed by atoms with E-state index in [1.807, 2.05) is 0 Å². The van der Waals surface area contributed by atoms with Crippen LogP contribution in [-0.2, 0) is 0 Å². The zero-order valence-electron chi connectivity index (χ0n) is 18.1. The second-order valence-electron chi connectivity index (χ2n) is 8.45. The van der Waals surface area contributed by atoms with E-state index in [-0.39, 0.29) is 0 Å². The van der Waals surface area contributed by atoms with Gasteiger partial charge in [-0.15, -0.1) is 0 Å². The number of hydrogen-bond acceptors (Lipinski definition) is 0. The number of rotatable bonds is 21. The minimum Gasteiger partial charge on any atom is -0.0654 e. The first-order chi connectivity index (χ1) is 12.3. The SMILES string of the molecule is [CH2]C(CCCCCCCCCCC)CCCCCCCCCCCC. The minimum atomic E-state index is 0.721. The van der Waals surface area contributed by atoms with Crippen LogP contribution in [0.2, 0.25) is 0 Å². The zero-order valence-corrected chi connectivity index (χ0v) is 18.1. The Hall–Kier alpha value is 0. The van der Waals surface area contributed by atoms with Crippen molar-refractivity contribution in [3.05, 3.63) is 6.92 Å². The molecular weight excluding hydrogens is 300 g/mol. The molecule has 0 aliphatic rings. The molecule has 0 saturated carbocycles. The molecule has 0 N–H and O–H groups in total. The Bertz CT molecular complexity index is 220. The van der Waals surface area contributed by atoms with Gasteiger partial charge in [0.25, 0.3) is 0 Å². The van der Waals surface area contributed by atoms with Gasteiger partial charge in [-0.25, -0.2) is 0 Å². The molecule has 0 heterocycles. The van der Waals surface area contributed by atoms with Gasteiger partial charge in [0.15, 0.2) is 0 Å². The summed E-state index contributed by atoms with van der Waals surface area (Å²) >= 11 is 0. The fourth-order valence-electron chi connectivity index (χ4n) is 3.81. The van der Waals surface area contributed by atoms with E-state index in [0.29, 0.717) is 0 Å². The van der Waals surface area contributed by atoms with Crippen molar-refractivity contribution in [2.75, 3.05) is 0 Å². The molecule has 0 nitrogen and oxygen atoms in total. The molecule has 0 rings (SSSR count). The van der Waals surface area contributed by atoms with Crippen LogP contribution in [0.15, 0.2) is 0 Å². The van der Waals surface area contributed by atoms with Crippen LogP contribution in [0.4, 0.5) is 0 Å². The third-order valence-corrected chi connectivity index (χ3v) is 5.68. The predicted molar refractivity (Wildman–Crippen MR) is 117 cm³/mol. The molecule has 0 saturated heterocycles. The van der Waals surface area contributed by atoms with Crippen molar-refractivity contribution in [1.82, 2.24) is 0 Å². The van der Waals surface area contributed by atoms with E-state index < -0.39 is 0 Å². The molecule has 0 aliphatic carbocycles. The molecule has 0 heteroatoms. The van der Waals surface area contributed by atoms with Crippen LogP contribution in [0.3, 0.4) is 0 Å². The lowest BCUT2D eigenvalue weighted by atomic mass is 9.95. The summed E-state index contributed by atoms with van der Waals surface area (Å²) in [6.45, 7) is 8.98. The lowest BCUT2D eigenvalue weighted by Crippen LogP contribution is -1.95. The van der Waals surface area contributed by atoms with Gasteiger partial charge in [0.2, 0.25) is 0 Å². The normalized spacial score (nSPS) is 12.6. The van der Waals surface area contributed by atoms with Crippen LogP contribution < -0.4 is 0 Å². The minimum absolute atomic E-state index is 0.721. The van der Waals surface area contributed by atoms with E-state index in [2.05, 4.69) is 20.8 Å². The van der Waals surface area contributed by atoms with Crippen LogP contribution in [0.1, 0.15) is 149 Å². The summed E-state index contributed by atoms with van der Waals surface area (Å²) < 4.78 is 0. The van der Waals surface area contributed by atoms with Gasteiger partial charge in [-0.1, -0.05) is 156 Å². The molecule has 0 amide bonds. The molecule has 1 radical (unpaired) electrons. The third-order valence-electron chi connectivity index (χ3n) is 5.68. The van der Waals surface area contributed by atoms with Crippen molar-refractivity contribution >= 4 is 0 Å². The molecule has 0 spiro atoms. The molecule has 0 aromatic carbocycles. The molecule has 0 fully saturated rings. The first-order valence-corrected chi connectivity index (χ1v) is 12.1. The second kappa shape index (κ2) is 22.0.